The molecule has 0 spiro atoms. The minimum atomic E-state index is -0.142. The maximum Gasteiger partial charge on any atom is 0.410 e. The molecule has 2 bridgehead atoms. The minimum Gasteiger partial charge on any atom is -0.448 e. The van der Waals surface area contributed by atoms with E-state index < -0.39 is 0 Å². The molecule has 1 fully saturated rings. The van der Waals surface area contributed by atoms with Gasteiger partial charge in [-0.15, -0.1) is 0 Å². The molecule has 4 heteroatoms. The second kappa shape index (κ2) is 9.50. The summed E-state index contributed by atoms with van der Waals surface area (Å²) in [6, 6.07) is 17.5. The van der Waals surface area contributed by atoms with Gasteiger partial charge in [0.2, 0.25) is 0 Å². The van der Waals surface area contributed by atoms with Crippen LogP contribution in [-0.4, -0.2) is 43.4 Å². The van der Waals surface area contributed by atoms with Crippen LogP contribution < -0.4 is 0 Å². The number of hydrogen-bond donors (Lipinski definition) is 0. The molecule has 0 saturated carbocycles. The monoisotopic (exact) mass is 431 g/mol. The van der Waals surface area contributed by atoms with E-state index in [1.165, 1.54) is 34.2 Å². The molecule has 2 atom stereocenters. The van der Waals surface area contributed by atoms with E-state index in [2.05, 4.69) is 54.6 Å². The Morgan fingerprint density at radius 2 is 1.72 bits per heavy atom. The van der Waals surface area contributed by atoms with Crippen molar-refractivity contribution in [3.05, 3.63) is 71.3 Å². The maximum atomic E-state index is 13.3. The first-order valence-electron chi connectivity index (χ1n) is 12.1. The van der Waals surface area contributed by atoms with Crippen molar-refractivity contribution in [3.8, 4) is 11.1 Å². The Morgan fingerprint density at radius 1 is 1.00 bits per heavy atom. The number of amides is 1. The van der Waals surface area contributed by atoms with Gasteiger partial charge in [0.05, 0.1) is 6.04 Å². The molecule has 4 nitrogen and oxygen atoms in total. The van der Waals surface area contributed by atoms with Crippen molar-refractivity contribution in [1.82, 2.24) is 4.90 Å². The fourth-order valence-electron chi connectivity index (χ4n) is 5.86. The molecular weight excluding hydrogens is 398 g/mol. The number of ether oxygens (including phenoxy) is 2. The van der Waals surface area contributed by atoms with E-state index in [9.17, 15) is 4.79 Å². The molecule has 2 aromatic rings. The van der Waals surface area contributed by atoms with Gasteiger partial charge in [0.1, 0.15) is 6.61 Å². The van der Waals surface area contributed by atoms with Crippen LogP contribution in [0.5, 0.6) is 0 Å². The number of hydrogen-bond acceptors (Lipinski definition) is 3. The van der Waals surface area contributed by atoms with Crippen molar-refractivity contribution in [2.45, 2.75) is 62.9 Å². The average molecular weight is 432 g/mol. The van der Waals surface area contributed by atoms with Gasteiger partial charge in [0.15, 0.2) is 0 Å². The molecule has 0 aromatic heterocycles. The zero-order valence-electron chi connectivity index (χ0n) is 19.0. The normalized spacial score (nSPS) is 21.7. The smallest absolute Gasteiger partial charge is 0.410 e. The van der Waals surface area contributed by atoms with Gasteiger partial charge < -0.3 is 9.47 Å². The Labute approximate surface area is 191 Å². The summed E-state index contributed by atoms with van der Waals surface area (Å²) in [5.74, 6) is 0.114. The molecule has 5 rings (SSSR count). The van der Waals surface area contributed by atoms with Crippen molar-refractivity contribution < 1.29 is 14.3 Å². The summed E-state index contributed by atoms with van der Waals surface area (Å²) in [6.07, 6.45) is 9.89. The summed E-state index contributed by atoms with van der Waals surface area (Å²) >= 11 is 0. The van der Waals surface area contributed by atoms with Crippen LogP contribution in [0, 0.1) is 0 Å². The Balaban J connectivity index is 1.26. The number of rotatable bonds is 7. The predicted octanol–water partition coefficient (Wildman–Crippen LogP) is 6.31. The summed E-state index contributed by atoms with van der Waals surface area (Å²) in [5.41, 5.74) is 6.57. The Morgan fingerprint density at radius 3 is 2.41 bits per heavy atom. The summed E-state index contributed by atoms with van der Waals surface area (Å²) in [7, 11) is 1.76. The van der Waals surface area contributed by atoms with E-state index in [1.54, 1.807) is 7.11 Å². The number of nitrogens with zero attached hydrogens (tertiary/aromatic N) is 1. The predicted molar refractivity (Wildman–Crippen MR) is 127 cm³/mol. The van der Waals surface area contributed by atoms with Gasteiger partial charge in [-0.25, -0.2) is 4.79 Å². The molecule has 3 aliphatic rings. The van der Waals surface area contributed by atoms with E-state index in [0.717, 1.165) is 45.1 Å². The van der Waals surface area contributed by atoms with Gasteiger partial charge in [0.25, 0.3) is 0 Å². The van der Waals surface area contributed by atoms with Gasteiger partial charge in [-0.05, 0) is 67.2 Å². The standard InChI is InChI=1S/C28H33NO3/c1-31-16-7-6-9-20-17-21-10-8-11-22(18-20)29(21)28(30)32-19-27-25-14-4-2-12-23(25)24-13-3-5-15-26(24)27/h2-5,12-15,17,21-22,27H,6-11,16,18-19H2,1H3. The zero-order valence-corrected chi connectivity index (χ0v) is 19.0. The topological polar surface area (TPSA) is 38.8 Å². The molecule has 0 radical (unpaired) electrons. The van der Waals surface area contributed by atoms with E-state index in [0.29, 0.717) is 6.61 Å². The summed E-state index contributed by atoms with van der Waals surface area (Å²) < 4.78 is 11.2. The third-order valence-electron chi connectivity index (χ3n) is 7.36. The van der Waals surface area contributed by atoms with E-state index >= 15 is 0 Å². The lowest BCUT2D eigenvalue weighted by atomic mass is 9.84. The third kappa shape index (κ3) is 4.09. The summed E-state index contributed by atoms with van der Waals surface area (Å²) in [6.45, 7) is 1.22. The van der Waals surface area contributed by atoms with Crippen LogP contribution in [0.15, 0.2) is 60.2 Å². The highest BCUT2D eigenvalue weighted by atomic mass is 16.6. The average Bonchev–Trinajstić information content (AvgIpc) is 3.13. The van der Waals surface area contributed by atoms with Crippen LogP contribution >= 0.6 is 0 Å². The van der Waals surface area contributed by atoms with E-state index in [-0.39, 0.29) is 24.1 Å². The number of carbonyl (C=O) groups is 1. The van der Waals surface area contributed by atoms with Crippen molar-refractivity contribution in [1.29, 1.82) is 0 Å². The van der Waals surface area contributed by atoms with Crippen LogP contribution in [0.2, 0.25) is 0 Å². The number of fused-ring (bicyclic) bond motifs is 5. The van der Waals surface area contributed by atoms with Gasteiger partial charge in [-0.3, -0.25) is 4.90 Å². The van der Waals surface area contributed by atoms with Crippen LogP contribution in [0.4, 0.5) is 4.79 Å². The molecule has 1 aliphatic carbocycles. The first kappa shape index (κ1) is 21.3. The number of methoxy groups -OCH3 is 1. The van der Waals surface area contributed by atoms with Gasteiger partial charge in [-0.1, -0.05) is 60.2 Å². The van der Waals surface area contributed by atoms with Crippen molar-refractivity contribution in [3.63, 3.8) is 0 Å². The quantitative estimate of drug-likeness (QED) is 0.381. The Bertz CT molecular complexity index is 952. The largest absolute Gasteiger partial charge is 0.448 e. The lowest BCUT2D eigenvalue weighted by molar-refractivity contribution is 0.0507. The third-order valence-corrected chi connectivity index (χ3v) is 7.36. The molecule has 2 unspecified atom stereocenters. The van der Waals surface area contributed by atoms with Crippen molar-refractivity contribution in [2.75, 3.05) is 20.3 Å². The lowest BCUT2D eigenvalue weighted by Crippen LogP contribution is -2.52. The summed E-state index contributed by atoms with van der Waals surface area (Å²) in [4.78, 5) is 15.3. The van der Waals surface area contributed by atoms with E-state index in [4.69, 9.17) is 9.47 Å². The van der Waals surface area contributed by atoms with Crippen LogP contribution in [0.3, 0.4) is 0 Å². The lowest BCUT2D eigenvalue weighted by Gasteiger charge is -2.44. The second-order valence-corrected chi connectivity index (χ2v) is 9.34. The van der Waals surface area contributed by atoms with Crippen molar-refractivity contribution >= 4 is 6.09 Å². The summed E-state index contributed by atoms with van der Waals surface area (Å²) in [5, 5.41) is 0. The van der Waals surface area contributed by atoms with Crippen LogP contribution in [0.25, 0.3) is 11.1 Å². The second-order valence-electron chi connectivity index (χ2n) is 9.34. The molecular formula is C28H33NO3. The first-order chi connectivity index (χ1) is 15.8. The van der Waals surface area contributed by atoms with Gasteiger partial charge in [-0.2, -0.15) is 0 Å². The molecule has 168 valence electrons. The first-order valence-corrected chi connectivity index (χ1v) is 12.1. The molecule has 1 saturated heterocycles. The van der Waals surface area contributed by atoms with Crippen molar-refractivity contribution in [2.24, 2.45) is 0 Å². The molecule has 32 heavy (non-hydrogen) atoms. The van der Waals surface area contributed by atoms with Gasteiger partial charge in [0, 0.05) is 25.7 Å². The zero-order chi connectivity index (χ0) is 21.9. The minimum absolute atomic E-state index is 0.114. The van der Waals surface area contributed by atoms with Crippen LogP contribution in [0.1, 0.15) is 62.0 Å². The maximum absolute atomic E-state index is 13.3. The molecule has 2 aromatic carbocycles. The Kier molecular flexibility index (Phi) is 6.31. The highest BCUT2D eigenvalue weighted by Gasteiger charge is 2.38. The Hall–Kier alpha value is -2.59. The number of piperidine rings is 1. The molecule has 2 aliphatic heterocycles. The molecule has 0 N–H and O–H groups in total. The molecule has 1 amide bonds. The van der Waals surface area contributed by atoms with E-state index in [1.807, 2.05) is 4.90 Å². The highest BCUT2D eigenvalue weighted by Crippen LogP contribution is 2.44. The SMILES string of the molecule is COCCCCC1=CC2CCCC(C1)N2C(=O)OCC1c2ccccc2-c2ccccc21. The number of carbonyl (C=O) groups excluding carboxylic acids is 1. The van der Waals surface area contributed by atoms with Gasteiger partial charge >= 0.3 is 6.09 Å². The number of benzene rings is 2. The fourth-order valence-corrected chi connectivity index (χ4v) is 5.86. The molecule has 2 heterocycles. The highest BCUT2D eigenvalue weighted by molar-refractivity contribution is 5.79. The van der Waals surface area contributed by atoms with Crippen LogP contribution in [-0.2, 0) is 9.47 Å². The number of unbranched alkanes of at least 4 members (excludes halogenated alkanes) is 1. The fraction of sp³-hybridized carbons (Fsp3) is 0.464.